The summed E-state index contributed by atoms with van der Waals surface area (Å²) in [6.07, 6.45) is 1.06. The molecule has 30 heavy (non-hydrogen) atoms. The van der Waals surface area contributed by atoms with Gasteiger partial charge in [0, 0.05) is 6.61 Å². The molecule has 0 saturated carbocycles. The molecule has 2 aromatic rings. The van der Waals surface area contributed by atoms with Crippen LogP contribution in [0.1, 0.15) is 49.0 Å². The normalized spacial score (nSPS) is 11.4. The van der Waals surface area contributed by atoms with Crippen molar-refractivity contribution in [2.24, 2.45) is 0 Å². The maximum atomic E-state index is 12.4. The Balaban J connectivity index is 1.80. The Labute approximate surface area is 177 Å². The average molecular weight is 415 g/mol. The van der Waals surface area contributed by atoms with Crippen LogP contribution in [0, 0.1) is 0 Å². The number of hydrogen-bond acceptors (Lipinski definition) is 5. The van der Waals surface area contributed by atoms with Crippen molar-refractivity contribution in [3.05, 3.63) is 59.7 Å². The Kier molecular flexibility index (Phi) is 9.67. The maximum absolute atomic E-state index is 12.4. The van der Waals surface area contributed by atoms with Crippen LogP contribution in [0.25, 0.3) is 0 Å². The average Bonchev–Trinajstić information content (AvgIpc) is 2.79. The monoisotopic (exact) mass is 414 g/mol. The number of benzene rings is 2. The van der Waals surface area contributed by atoms with Gasteiger partial charge in [-0.15, -0.1) is 0 Å². The van der Waals surface area contributed by atoms with E-state index in [0.717, 1.165) is 6.42 Å². The lowest BCUT2D eigenvalue weighted by Gasteiger charge is -2.13. The summed E-state index contributed by atoms with van der Waals surface area (Å²) in [7, 11) is 0. The van der Waals surface area contributed by atoms with E-state index in [9.17, 15) is 9.59 Å². The van der Waals surface area contributed by atoms with Crippen molar-refractivity contribution in [2.45, 2.75) is 33.1 Å². The molecule has 7 heteroatoms. The Morgan fingerprint density at radius 2 is 1.67 bits per heavy atom. The van der Waals surface area contributed by atoms with Crippen LogP contribution in [-0.2, 0) is 9.53 Å². The third-order valence-corrected chi connectivity index (χ3v) is 4.57. The number of ether oxygens (including phenoxy) is 3. The predicted octanol–water partition coefficient (Wildman–Crippen LogP) is 3.46. The van der Waals surface area contributed by atoms with Crippen LogP contribution in [0.15, 0.2) is 48.5 Å². The molecular formula is C23H30N2O5. The molecule has 0 heterocycles. The van der Waals surface area contributed by atoms with Crippen LogP contribution in [0.3, 0.4) is 0 Å². The quantitative estimate of drug-likeness (QED) is 0.434. The van der Waals surface area contributed by atoms with E-state index < -0.39 is 11.8 Å². The molecule has 0 bridgehead atoms. The number of rotatable bonds is 11. The van der Waals surface area contributed by atoms with Crippen LogP contribution in [0.2, 0.25) is 0 Å². The molecule has 0 spiro atoms. The van der Waals surface area contributed by atoms with Crippen molar-refractivity contribution in [3.63, 3.8) is 0 Å². The summed E-state index contributed by atoms with van der Waals surface area (Å²) in [4.78, 5) is 24.4. The first-order valence-electron chi connectivity index (χ1n) is 10.2. The Hall–Kier alpha value is -3.06. The third kappa shape index (κ3) is 7.40. The molecule has 2 rings (SSSR count). The fourth-order valence-electron chi connectivity index (χ4n) is 2.64. The van der Waals surface area contributed by atoms with Gasteiger partial charge in [-0.05, 0) is 49.1 Å². The third-order valence-electron chi connectivity index (χ3n) is 4.57. The van der Waals surface area contributed by atoms with Gasteiger partial charge in [0.25, 0.3) is 11.8 Å². The van der Waals surface area contributed by atoms with Crippen molar-refractivity contribution in [3.8, 4) is 11.5 Å². The molecule has 162 valence electrons. The SMILES string of the molecule is CCOCCOc1ccccc1C(=O)NNC(=O)COc1ccc(C(C)CC)cc1. The van der Waals surface area contributed by atoms with Crippen molar-refractivity contribution in [2.75, 3.05) is 26.4 Å². The molecule has 1 atom stereocenters. The van der Waals surface area contributed by atoms with Gasteiger partial charge in [0.15, 0.2) is 6.61 Å². The summed E-state index contributed by atoms with van der Waals surface area (Å²) in [6, 6.07) is 14.5. The van der Waals surface area contributed by atoms with Gasteiger partial charge in [-0.1, -0.05) is 38.1 Å². The van der Waals surface area contributed by atoms with E-state index >= 15 is 0 Å². The minimum atomic E-state index is -0.478. The van der Waals surface area contributed by atoms with Gasteiger partial charge in [0.2, 0.25) is 0 Å². The highest BCUT2D eigenvalue weighted by atomic mass is 16.5. The minimum absolute atomic E-state index is 0.213. The van der Waals surface area contributed by atoms with Crippen LogP contribution in [0.4, 0.5) is 0 Å². The molecule has 1 unspecified atom stereocenters. The van der Waals surface area contributed by atoms with E-state index in [1.54, 1.807) is 24.3 Å². The maximum Gasteiger partial charge on any atom is 0.276 e. The zero-order valence-electron chi connectivity index (χ0n) is 17.8. The zero-order chi connectivity index (χ0) is 21.8. The number of para-hydroxylation sites is 1. The van der Waals surface area contributed by atoms with Crippen molar-refractivity contribution < 1.29 is 23.8 Å². The Morgan fingerprint density at radius 3 is 2.37 bits per heavy atom. The van der Waals surface area contributed by atoms with E-state index in [1.807, 2.05) is 31.2 Å². The summed E-state index contributed by atoms with van der Waals surface area (Å²) in [5.74, 6) is 0.541. The Bertz CT molecular complexity index is 807. The van der Waals surface area contributed by atoms with Crippen molar-refractivity contribution >= 4 is 11.8 Å². The fourth-order valence-corrected chi connectivity index (χ4v) is 2.64. The van der Waals surface area contributed by atoms with E-state index in [2.05, 4.69) is 24.7 Å². The highest BCUT2D eigenvalue weighted by molar-refractivity contribution is 5.97. The van der Waals surface area contributed by atoms with Crippen LogP contribution in [-0.4, -0.2) is 38.2 Å². The molecule has 7 nitrogen and oxygen atoms in total. The van der Waals surface area contributed by atoms with E-state index in [-0.39, 0.29) is 6.61 Å². The van der Waals surface area contributed by atoms with Crippen LogP contribution >= 0.6 is 0 Å². The summed E-state index contributed by atoms with van der Waals surface area (Å²) >= 11 is 0. The van der Waals surface area contributed by atoms with Crippen molar-refractivity contribution in [1.82, 2.24) is 10.9 Å². The first kappa shape index (κ1) is 23.2. The molecule has 0 aromatic heterocycles. The number of carbonyl (C=O) groups is 2. The fraction of sp³-hybridized carbons (Fsp3) is 0.391. The molecule has 0 aliphatic heterocycles. The smallest absolute Gasteiger partial charge is 0.276 e. The first-order valence-corrected chi connectivity index (χ1v) is 10.2. The van der Waals surface area contributed by atoms with E-state index in [4.69, 9.17) is 14.2 Å². The van der Waals surface area contributed by atoms with Crippen molar-refractivity contribution in [1.29, 1.82) is 0 Å². The zero-order valence-corrected chi connectivity index (χ0v) is 17.8. The molecule has 0 radical (unpaired) electrons. The van der Waals surface area contributed by atoms with Gasteiger partial charge in [-0.2, -0.15) is 0 Å². The van der Waals surface area contributed by atoms with Gasteiger partial charge < -0.3 is 14.2 Å². The lowest BCUT2D eigenvalue weighted by molar-refractivity contribution is -0.123. The number of nitrogens with one attached hydrogen (secondary N) is 2. The molecule has 0 saturated heterocycles. The van der Waals surface area contributed by atoms with Gasteiger partial charge in [0.1, 0.15) is 18.1 Å². The van der Waals surface area contributed by atoms with Crippen LogP contribution < -0.4 is 20.3 Å². The summed E-state index contributed by atoms with van der Waals surface area (Å²) < 4.78 is 16.3. The van der Waals surface area contributed by atoms with E-state index in [0.29, 0.717) is 42.8 Å². The highest BCUT2D eigenvalue weighted by Crippen LogP contribution is 2.21. The summed E-state index contributed by atoms with van der Waals surface area (Å²) in [6.45, 7) is 7.34. The largest absolute Gasteiger partial charge is 0.490 e. The molecule has 2 amide bonds. The van der Waals surface area contributed by atoms with Gasteiger partial charge in [-0.3, -0.25) is 20.4 Å². The van der Waals surface area contributed by atoms with E-state index in [1.165, 1.54) is 5.56 Å². The lowest BCUT2D eigenvalue weighted by Crippen LogP contribution is -2.43. The van der Waals surface area contributed by atoms with Crippen LogP contribution in [0.5, 0.6) is 11.5 Å². The number of amides is 2. The Morgan fingerprint density at radius 1 is 0.933 bits per heavy atom. The second kappa shape index (κ2) is 12.5. The molecule has 0 fully saturated rings. The summed E-state index contributed by atoms with van der Waals surface area (Å²) in [5, 5.41) is 0. The number of hydrazine groups is 1. The standard InChI is InChI=1S/C23H30N2O5/c1-4-17(3)18-10-12-19(13-11-18)30-16-22(26)24-25-23(27)20-8-6-7-9-21(20)29-15-14-28-5-2/h6-13,17H,4-5,14-16H2,1-3H3,(H,24,26)(H,25,27). The summed E-state index contributed by atoms with van der Waals surface area (Å²) in [5.41, 5.74) is 6.27. The molecule has 0 aliphatic carbocycles. The lowest BCUT2D eigenvalue weighted by atomic mass is 9.99. The number of carbonyl (C=O) groups excluding carboxylic acids is 2. The van der Waals surface area contributed by atoms with Gasteiger partial charge in [-0.25, -0.2) is 0 Å². The topological polar surface area (TPSA) is 85.9 Å². The first-order chi connectivity index (χ1) is 14.5. The molecule has 2 aromatic carbocycles. The van der Waals surface area contributed by atoms with Gasteiger partial charge in [0.05, 0.1) is 12.2 Å². The molecular weight excluding hydrogens is 384 g/mol. The van der Waals surface area contributed by atoms with Gasteiger partial charge >= 0.3 is 0 Å². The highest BCUT2D eigenvalue weighted by Gasteiger charge is 2.13. The molecule has 0 aliphatic rings. The second-order valence-electron chi connectivity index (χ2n) is 6.71. The molecule has 2 N–H and O–H groups in total. The number of hydrogen-bond donors (Lipinski definition) is 2. The minimum Gasteiger partial charge on any atom is -0.490 e. The second-order valence-corrected chi connectivity index (χ2v) is 6.71. The predicted molar refractivity (Wildman–Crippen MR) is 115 cm³/mol.